The predicted octanol–water partition coefficient (Wildman–Crippen LogP) is 1.87. The normalized spacial score (nSPS) is 18.1. The van der Waals surface area contributed by atoms with Crippen LogP contribution in [0.2, 0.25) is 0 Å². The lowest BCUT2D eigenvalue weighted by atomic mass is 10.1. The van der Waals surface area contributed by atoms with Gasteiger partial charge in [-0.3, -0.25) is 10.3 Å². The second kappa shape index (κ2) is 5.81. The summed E-state index contributed by atoms with van der Waals surface area (Å²) in [6.45, 7) is 4.63. The van der Waals surface area contributed by atoms with Gasteiger partial charge < -0.3 is 14.7 Å². The summed E-state index contributed by atoms with van der Waals surface area (Å²) in [6.07, 6.45) is -0.527. The Morgan fingerprint density at radius 1 is 1.45 bits per heavy atom. The molecule has 0 saturated carbocycles. The summed E-state index contributed by atoms with van der Waals surface area (Å²) in [4.78, 5) is 17.8. The van der Waals surface area contributed by atoms with Crippen molar-refractivity contribution in [3.63, 3.8) is 0 Å². The van der Waals surface area contributed by atoms with Crippen molar-refractivity contribution in [2.24, 2.45) is 4.99 Å². The molecule has 1 aliphatic heterocycles. The predicted molar refractivity (Wildman–Crippen MR) is 75.7 cm³/mol. The standard InChI is InChI=1S/C14H19N3O3/c1-9(2)17-12(10-4-6-11(18)7-5-10)8-15-13(17)16-14(19)20-3/h4-7,9,12,18H,8H2,1-3H3,(H,15,16,19). The van der Waals surface area contributed by atoms with Gasteiger partial charge in [0.05, 0.1) is 19.7 Å². The minimum Gasteiger partial charge on any atom is -0.508 e. The van der Waals surface area contributed by atoms with Crippen molar-refractivity contribution in [3.8, 4) is 5.75 Å². The summed E-state index contributed by atoms with van der Waals surface area (Å²) in [6, 6.07) is 7.26. The van der Waals surface area contributed by atoms with E-state index >= 15 is 0 Å². The zero-order valence-corrected chi connectivity index (χ0v) is 11.8. The number of benzene rings is 1. The van der Waals surface area contributed by atoms with E-state index in [0.29, 0.717) is 12.5 Å². The first-order valence-electron chi connectivity index (χ1n) is 6.49. The van der Waals surface area contributed by atoms with Crippen molar-refractivity contribution < 1.29 is 14.6 Å². The maximum absolute atomic E-state index is 11.3. The van der Waals surface area contributed by atoms with Gasteiger partial charge in [0.25, 0.3) is 0 Å². The van der Waals surface area contributed by atoms with Gasteiger partial charge in [-0.1, -0.05) is 12.1 Å². The summed E-state index contributed by atoms with van der Waals surface area (Å²) in [5, 5.41) is 12.0. The van der Waals surface area contributed by atoms with Crippen LogP contribution in [0.5, 0.6) is 5.75 Å². The van der Waals surface area contributed by atoms with Crippen molar-refractivity contribution in [2.45, 2.75) is 25.9 Å². The van der Waals surface area contributed by atoms with E-state index in [9.17, 15) is 9.90 Å². The first-order chi connectivity index (χ1) is 9.52. The van der Waals surface area contributed by atoms with Crippen LogP contribution in [-0.4, -0.2) is 41.8 Å². The van der Waals surface area contributed by atoms with E-state index in [1.807, 2.05) is 30.9 Å². The summed E-state index contributed by atoms with van der Waals surface area (Å²) in [5.41, 5.74) is 1.04. The van der Waals surface area contributed by atoms with Crippen molar-refractivity contribution in [1.29, 1.82) is 0 Å². The van der Waals surface area contributed by atoms with E-state index in [-0.39, 0.29) is 17.8 Å². The molecule has 0 bridgehead atoms. The zero-order chi connectivity index (χ0) is 14.7. The summed E-state index contributed by atoms with van der Waals surface area (Å²) >= 11 is 0. The van der Waals surface area contributed by atoms with Gasteiger partial charge in [0.2, 0.25) is 5.96 Å². The van der Waals surface area contributed by atoms with Crippen LogP contribution in [-0.2, 0) is 4.74 Å². The van der Waals surface area contributed by atoms with Gasteiger partial charge in [0.1, 0.15) is 5.75 Å². The third-order valence-corrected chi connectivity index (χ3v) is 3.23. The molecule has 1 heterocycles. The lowest BCUT2D eigenvalue weighted by Crippen LogP contribution is -2.46. The van der Waals surface area contributed by atoms with Crippen molar-refractivity contribution >= 4 is 12.1 Å². The van der Waals surface area contributed by atoms with E-state index in [1.165, 1.54) is 7.11 Å². The number of rotatable bonds is 2. The number of alkyl carbamates (subject to hydrolysis) is 1. The van der Waals surface area contributed by atoms with Gasteiger partial charge in [-0.05, 0) is 31.5 Å². The Hall–Kier alpha value is -2.24. The van der Waals surface area contributed by atoms with Crippen LogP contribution < -0.4 is 5.32 Å². The number of amides is 1. The van der Waals surface area contributed by atoms with Crippen molar-refractivity contribution in [1.82, 2.24) is 10.2 Å². The molecule has 0 radical (unpaired) electrons. The van der Waals surface area contributed by atoms with Crippen LogP contribution in [0.1, 0.15) is 25.5 Å². The molecule has 1 atom stereocenters. The highest BCUT2D eigenvalue weighted by Gasteiger charge is 2.32. The van der Waals surface area contributed by atoms with E-state index < -0.39 is 6.09 Å². The monoisotopic (exact) mass is 277 g/mol. The van der Waals surface area contributed by atoms with Gasteiger partial charge in [0, 0.05) is 6.04 Å². The SMILES string of the molecule is COC(=O)NC1=NCC(c2ccc(O)cc2)N1C(C)C. The number of hydrogen-bond acceptors (Lipinski definition) is 5. The largest absolute Gasteiger partial charge is 0.508 e. The molecule has 2 N–H and O–H groups in total. The van der Waals surface area contributed by atoms with E-state index in [1.54, 1.807) is 12.1 Å². The summed E-state index contributed by atoms with van der Waals surface area (Å²) in [5.74, 6) is 0.751. The van der Waals surface area contributed by atoms with Crippen LogP contribution in [0.3, 0.4) is 0 Å². The van der Waals surface area contributed by atoms with Crippen LogP contribution in [0.25, 0.3) is 0 Å². The molecule has 0 spiro atoms. The molecule has 0 fully saturated rings. The minimum atomic E-state index is -0.527. The van der Waals surface area contributed by atoms with E-state index in [2.05, 4.69) is 15.0 Å². The number of methoxy groups -OCH3 is 1. The number of aromatic hydroxyl groups is 1. The molecule has 1 aromatic rings. The van der Waals surface area contributed by atoms with Gasteiger partial charge >= 0.3 is 6.09 Å². The van der Waals surface area contributed by atoms with Gasteiger partial charge in [-0.25, -0.2) is 4.79 Å². The lowest BCUT2D eigenvalue weighted by molar-refractivity contribution is 0.174. The van der Waals surface area contributed by atoms with Crippen molar-refractivity contribution in [3.05, 3.63) is 29.8 Å². The minimum absolute atomic E-state index is 0.0442. The number of ether oxygens (including phenoxy) is 1. The molecule has 108 valence electrons. The second-order valence-corrected chi connectivity index (χ2v) is 4.89. The summed E-state index contributed by atoms with van der Waals surface area (Å²) in [7, 11) is 1.32. The Kier molecular flexibility index (Phi) is 4.12. The third kappa shape index (κ3) is 2.84. The fourth-order valence-corrected chi connectivity index (χ4v) is 2.30. The number of guanidine groups is 1. The third-order valence-electron chi connectivity index (χ3n) is 3.23. The number of carbonyl (C=O) groups is 1. The zero-order valence-electron chi connectivity index (χ0n) is 11.8. The lowest BCUT2D eigenvalue weighted by Gasteiger charge is -2.31. The molecule has 2 rings (SSSR count). The van der Waals surface area contributed by atoms with Gasteiger partial charge in [-0.2, -0.15) is 0 Å². The number of hydrogen-bond donors (Lipinski definition) is 2. The number of nitrogens with one attached hydrogen (secondary N) is 1. The molecular formula is C14H19N3O3. The molecule has 6 heteroatoms. The molecular weight excluding hydrogens is 258 g/mol. The quantitative estimate of drug-likeness (QED) is 0.865. The van der Waals surface area contributed by atoms with Gasteiger partial charge in [-0.15, -0.1) is 0 Å². The smallest absolute Gasteiger partial charge is 0.413 e. The molecule has 0 saturated heterocycles. The Labute approximate surface area is 118 Å². The maximum Gasteiger partial charge on any atom is 0.413 e. The average molecular weight is 277 g/mol. The molecule has 1 aromatic carbocycles. The highest BCUT2D eigenvalue weighted by atomic mass is 16.5. The van der Waals surface area contributed by atoms with Crippen molar-refractivity contribution in [2.75, 3.05) is 13.7 Å². The second-order valence-electron chi connectivity index (χ2n) is 4.89. The fraction of sp³-hybridized carbons (Fsp3) is 0.429. The Balaban J connectivity index is 2.20. The first kappa shape index (κ1) is 14.2. The molecule has 1 amide bonds. The van der Waals surface area contributed by atoms with Crippen LogP contribution in [0.4, 0.5) is 4.79 Å². The first-order valence-corrected chi connectivity index (χ1v) is 6.49. The molecule has 0 aromatic heterocycles. The Morgan fingerprint density at radius 3 is 2.65 bits per heavy atom. The Morgan fingerprint density at radius 2 is 2.10 bits per heavy atom. The van der Waals surface area contributed by atoms with E-state index in [0.717, 1.165) is 5.56 Å². The topological polar surface area (TPSA) is 74.2 Å². The number of carbonyl (C=O) groups excluding carboxylic acids is 1. The number of nitrogens with zero attached hydrogens (tertiary/aromatic N) is 2. The maximum atomic E-state index is 11.3. The average Bonchev–Trinajstić information content (AvgIpc) is 2.83. The van der Waals surface area contributed by atoms with Gasteiger partial charge in [0.15, 0.2) is 0 Å². The molecule has 0 aliphatic carbocycles. The van der Waals surface area contributed by atoms with E-state index in [4.69, 9.17) is 0 Å². The van der Waals surface area contributed by atoms with Crippen LogP contribution >= 0.6 is 0 Å². The highest BCUT2D eigenvalue weighted by molar-refractivity contribution is 5.95. The molecule has 6 nitrogen and oxygen atoms in total. The molecule has 1 aliphatic rings. The van der Waals surface area contributed by atoms with Crippen LogP contribution in [0, 0.1) is 0 Å². The van der Waals surface area contributed by atoms with Crippen LogP contribution in [0.15, 0.2) is 29.3 Å². The summed E-state index contributed by atoms with van der Waals surface area (Å²) < 4.78 is 4.61. The fourth-order valence-electron chi connectivity index (χ4n) is 2.30. The Bertz CT molecular complexity index is 511. The highest BCUT2D eigenvalue weighted by Crippen LogP contribution is 2.29. The number of aliphatic imine (C=N–C) groups is 1. The number of phenols is 1. The number of phenolic OH excluding ortho intramolecular Hbond substituents is 1. The molecule has 20 heavy (non-hydrogen) atoms. The molecule has 1 unspecified atom stereocenters.